The molecule has 2 heteroatoms. The van der Waals surface area contributed by atoms with E-state index in [1.54, 1.807) is 0 Å². The van der Waals surface area contributed by atoms with Crippen LogP contribution in [-0.4, -0.2) is 37.6 Å². The molecule has 0 saturated carbocycles. The maximum Gasteiger partial charge on any atom is -0.000687 e. The van der Waals surface area contributed by atoms with Gasteiger partial charge in [-0.1, -0.05) is 26.0 Å². The van der Waals surface area contributed by atoms with Crippen LogP contribution in [0.5, 0.6) is 0 Å². The monoisotopic (exact) mass is 224 g/mol. The van der Waals surface area contributed by atoms with Crippen molar-refractivity contribution < 1.29 is 0 Å². The Morgan fingerprint density at radius 1 is 1.25 bits per heavy atom. The summed E-state index contributed by atoms with van der Waals surface area (Å²) in [5, 5.41) is 3.56. The van der Waals surface area contributed by atoms with E-state index in [0.717, 1.165) is 5.92 Å². The summed E-state index contributed by atoms with van der Waals surface area (Å²) in [4.78, 5) is 2.49. The summed E-state index contributed by atoms with van der Waals surface area (Å²) >= 11 is 0. The Balaban J connectivity index is 1.86. The van der Waals surface area contributed by atoms with Gasteiger partial charge in [0.25, 0.3) is 0 Å². The molecular weight excluding hydrogens is 196 g/mol. The lowest BCUT2D eigenvalue weighted by Gasteiger charge is -2.17. The second kappa shape index (κ2) is 8.77. The minimum atomic E-state index is 0.857. The Morgan fingerprint density at radius 2 is 2.06 bits per heavy atom. The molecular formula is C14H28N2. The van der Waals surface area contributed by atoms with E-state index in [2.05, 4.69) is 36.2 Å². The van der Waals surface area contributed by atoms with E-state index in [4.69, 9.17) is 0 Å². The van der Waals surface area contributed by atoms with E-state index in [9.17, 15) is 0 Å². The van der Waals surface area contributed by atoms with Crippen LogP contribution < -0.4 is 5.32 Å². The van der Waals surface area contributed by atoms with Crippen LogP contribution in [-0.2, 0) is 0 Å². The van der Waals surface area contributed by atoms with Gasteiger partial charge < -0.3 is 10.2 Å². The fourth-order valence-corrected chi connectivity index (χ4v) is 2.32. The lowest BCUT2D eigenvalue weighted by Crippen LogP contribution is -2.27. The smallest absolute Gasteiger partial charge is 0.000687 e. The van der Waals surface area contributed by atoms with Crippen molar-refractivity contribution in [3.8, 4) is 0 Å². The molecule has 1 rings (SSSR count). The first-order valence-electron chi connectivity index (χ1n) is 6.96. The van der Waals surface area contributed by atoms with Crippen LogP contribution in [0.15, 0.2) is 12.2 Å². The molecule has 1 aliphatic rings. The van der Waals surface area contributed by atoms with Gasteiger partial charge in [0, 0.05) is 0 Å². The van der Waals surface area contributed by atoms with Gasteiger partial charge in [-0.05, 0) is 64.3 Å². The molecule has 0 saturated heterocycles. The fourth-order valence-electron chi connectivity index (χ4n) is 2.32. The molecule has 1 N–H and O–H groups in total. The van der Waals surface area contributed by atoms with Crippen molar-refractivity contribution in [3.05, 3.63) is 12.2 Å². The van der Waals surface area contributed by atoms with Crippen LogP contribution in [0.4, 0.5) is 0 Å². The van der Waals surface area contributed by atoms with Gasteiger partial charge in [-0.3, -0.25) is 0 Å². The highest BCUT2D eigenvalue weighted by Gasteiger charge is 2.07. The predicted octanol–water partition coefficient (Wildman–Crippen LogP) is 2.66. The topological polar surface area (TPSA) is 15.3 Å². The average Bonchev–Trinajstić information content (AvgIpc) is 2.81. The van der Waals surface area contributed by atoms with Crippen molar-refractivity contribution in [2.24, 2.45) is 5.92 Å². The maximum absolute atomic E-state index is 3.56. The van der Waals surface area contributed by atoms with Crippen LogP contribution in [0.3, 0.4) is 0 Å². The van der Waals surface area contributed by atoms with Crippen molar-refractivity contribution >= 4 is 0 Å². The number of hydrogen-bond acceptors (Lipinski definition) is 2. The first-order valence-corrected chi connectivity index (χ1v) is 6.96. The molecule has 1 unspecified atom stereocenters. The highest BCUT2D eigenvalue weighted by atomic mass is 15.1. The molecule has 1 aliphatic carbocycles. The lowest BCUT2D eigenvalue weighted by atomic mass is 10.1. The van der Waals surface area contributed by atoms with Gasteiger partial charge >= 0.3 is 0 Å². The number of hydrogen-bond donors (Lipinski definition) is 1. The first-order chi connectivity index (χ1) is 7.86. The second-order valence-electron chi connectivity index (χ2n) is 4.68. The van der Waals surface area contributed by atoms with Crippen LogP contribution in [0, 0.1) is 5.92 Å². The zero-order valence-electron chi connectivity index (χ0n) is 11.0. The van der Waals surface area contributed by atoms with Gasteiger partial charge in [-0.25, -0.2) is 0 Å². The van der Waals surface area contributed by atoms with Crippen molar-refractivity contribution in [1.82, 2.24) is 10.2 Å². The largest absolute Gasteiger partial charge is 0.317 e. The lowest BCUT2D eigenvalue weighted by molar-refractivity contribution is 0.297. The Bertz CT molecular complexity index is 185. The van der Waals surface area contributed by atoms with Crippen molar-refractivity contribution in [1.29, 1.82) is 0 Å². The molecule has 0 aromatic carbocycles. The van der Waals surface area contributed by atoms with E-state index in [1.807, 2.05) is 0 Å². The van der Waals surface area contributed by atoms with Crippen molar-refractivity contribution in [2.45, 2.75) is 39.5 Å². The fraction of sp³-hybridized carbons (Fsp3) is 0.857. The predicted molar refractivity (Wildman–Crippen MR) is 71.8 cm³/mol. The standard InChI is InChI=1S/C14H28N2/c1-3-16(4-2)13-7-11-15-12-10-14-8-5-6-9-14/h5,8,14-15H,3-4,6-7,9-13H2,1-2H3. The molecule has 0 fully saturated rings. The zero-order chi connectivity index (χ0) is 11.6. The molecule has 1 atom stereocenters. The first kappa shape index (κ1) is 13.7. The second-order valence-corrected chi connectivity index (χ2v) is 4.68. The molecule has 0 aromatic rings. The van der Waals surface area contributed by atoms with Gasteiger partial charge in [0.15, 0.2) is 0 Å². The van der Waals surface area contributed by atoms with E-state index >= 15 is 0 Å². The van der Waals surface area contributed by atoms with Crippen molar-refractivity contribution in [3.63, 3.8) is 0 Å². The van der Waals surface area contributed by atoms with E-state index in [0.29, 0.717) is 0 Å². The van der Waals surface area contributed by atoms with Crippen LogP contribution in [0.1, 0.15) is 39.5 Å². The van der Waals surface area contributed by atoms with Gasteiger partial charge in [-0.2, -0.15) is 0 Å². The van der Waals surface area contributed by atoms with Gasteiger partial charge in [0.2, 0.25) is 0 Å². The highest BCUT2D eigenvalue weighted by molar-refractivity contribution is 4.95. The Kier molecular flexibility index (Phi) is 7.52. The molecule has 0 radical (unpaired) electrons. The van der Waals surface area contributed by atoms with Crippen LogP contribution >= 0.6 is 0 Å². The van der Waals surface area contributed by atoms with E-state index < -0.39 is 0 Å². The third kappa shape index (κ3) is 5.66. The normalized spacial score (nSPS) is 19.8. The summed E-state index contributed by atoms with van der Waals surface area (Å²) in [5.74, 6) is 0.857. The summed E-state index contributed by atoms with van der Waals surface area (Å²) < 4.78 is 0. The molecule has 0 aliphatic heterocycles. The minimum Gasteiger partial charge on any atom is -0.317 e. The number of nitrogens with one attached hydrogen (secondary N) is 1. The van der Waals surface area contributed by atoms with Gasteiger partial charge in [-0.15, -0.1) is 0 Å². The van der Waals surface area contributed by atoms with E-state index in [1.165, 1.54) is 58.4 Å². The maximum atomic E-state index is 3.56. The molecule has 0 bridgehead atoms. The molecule has 94 valence electrons. The van der Waals surface area contributed by atoms with Crippen LogP contribution in [0.2, 0.25) is 0 Å². The Labute approximate surface area is 101 Å². The minimum absolute atomic E-state index is 0.857. The van der Waals surface area contributed by atoms with Gasteiger partial charge in [0.1, 0.15) is 0 Å². The van der Waals surface area contributed by atoms with Crippen LogP contribution in [0.25, 0.3) is 0 Å². The molecule has 2 nitrogen and oxygen atoms in total. The summed E-state index contributed by atoms with van der Waals surface area (Å²) in [6.07, 6.45) is 9.99. The summed E-state index contributed by atoms with van der Waals surface area (Å²) in [6.45, 7) is 10.4. The third-order valence-corrected chi connectivity index (χ3v) is 3.53. The molecule has 16 heavy (non-hydrogen) atoms. The van der Waals surface area contributed by atoms with E-state index in [-0.39, 0.29) is 0 Å². The summed E-state index contributed by atoms with van der Waals surface area (Å²) in [7, 11) is 0. The Hall–Kier alpha value is -0.340. The Morgan fingerprint density at radius 3 is 2.69 bits per heavy atom. The average molecular weight is 224 g/mol. The summed E-state index contributed by atoms with van der Waals surface area (Å²) in [6, 6.07) is 0. The molecule has 0 spiro atoms. The highest BCUT2D eigenvalue weighted by Crippen LogP contribution is 2.19. The number of rotatable bonds is 9. The number of allylic oxidation sites excluding steroid dienone is 2. The quantitative estimate of drug-likeness (QED) is 0.478. The summed E-state index contributed by atoms with van der Waals surface area (Å²) in [5.41, 5.74) is 0. The van der Waals surface area contributed by atoms with Crippen molar-refractivity contribution in [2.75, 3.05) is 32.7 Å². The molecule has 0 amide bonds. The zero-order valence-corrected chi connectivity index (χ0v) is 11.0. The third-order valence-electron chi connectivity index (χ3n) is 3.53. The molecule has 0 aromatic heterocycles. The van der Waals surface area contributed by atoms with Gasteiger partial charge in [0.05, 0.1) is 0 Å². The number of nitrogens with zero attached hydrogens (tertiary/aromatic N) is 1. The molecule has 0 heterocycles. The SMILES string of the molecule is CCN(CC)CCCNCCC1C=CCC1.